The number of nitrogens with zero attached hydrogens (tertiary/aromatic N) is 1. The third kappa shape index (κ3) is 4.57. The summed E-state index contributed by atoms with van der Waals surface area (Å²) in [5.74, 6) is -0.185. The van der Waals surface area contributed by atoms with Crippen molar-refractivity contribution < 1.29 is 4.39 Å². The first-order valence-electron chi connectivity index (χ1n) is 7.45. The van der Waals surface area contributed by atoms with Crippen LogP contribution in [-0.4, -0.2) is 20.1 Å². The summed E-state index contributed by atoms with van der Waals surface area (Å²) >= 11 is 0. The predicted molar refractivity (Wildman–Crippen MR) is 87.1 cm³/mol. The van der Waals surface area contributed by atoms with Crippen LogP contribution in [0.5, 0.6) is 0 Å². The number of anilines is 1. The van der Waals surface area contributed by atoms with Crippen molar-refractivity contribution in [1.82, 2.24) is 5.32 Å². The molecular weight excluding hydrogens is 263 g/mol. The third-order valence-corrected chi connectivity index (χ3v) is 3.67. The summed E-state index contributed by atoms with van der Waals surface area (Å²) < 4.78 is 13.0. The molecule has 0 aliphatic carbocycles. The summed E-state index contributed by atoms with van der Waals surface area (Å²) in [4.78, 5) is 2.24. The van der Waals surface area contributed by atoms with Crippen LogP contribution in [0.3, 0.4) is 0 Å². The second-order valence-electron chi connectivity index (χ2n) is 5.21. The molecule has 112 valence electrons. The highest BCUT2D eigenvalue weighted by molar-refractivity contribution is 5.44. The summed E-state index contributed by atoms with van der Waals surface area (Å²) in [6, 6.07) is 17.4. The highest BCUT2D eigenvalue weighted by atomic mass is 19.1. The van der Waals surface area contributed by atoms with Gasteiger partial charge in [0.25, 0.3) is 0 Å². The number of hydrogen-bond acceptors (Lipinski definition) is 2. The molecule has 1 atom stereocenters. The van der Waals surface area contributed by atoms with E-state index in [1.54, 1.807) is 0 Å². The summed E-state index contributed by atoms with van der Waals surface area (Å²) in [6.07, 6.45) is 0.977. The molecule has 0 saturated carbocycles. The Morgan fingerprint density at radius 1 is 1.05 bits per heavy atom. The minimum absolute atomic E-state index is 0.185. The minimum Gasteiger partial charge on any atom is -0.375 e. The second-order valence-corrected chi connectivity index (χ2v) is 5.21. The fourth-order valence-corrected chi connectivity index (χ4v) is 2.46. The molecule has 0 aliphatic rings. The molecule has 0 heterocycles. The van der Waals surface area contributed by atoms with Gasteiger partial charge in [-0.2, -0.15) is 0 Å². The van der Waals surface area contributed by atoms with Gasteiger partial charge in [0.1, 0.15) is 5.82 Å². The number of rotatable bonds is 7. The van der Waals surface area contributed by atoms with E-state index in [-0.39, 0.29) is 11.9 Å². The van der Waals surface area contributed by atoms with Crippen molar-refractivity contribution in [2.75, 3.05) is 25.0 Å². The van der Waals surface area contributed by atoms with Gasteiger partial charge in [0.15, 0.2) is 0 Å². The Labute approximate surface area is 126 Å². The average Bonchev–Trinajstić information content (AvgIpc) is 2.53. The molecule has 0 fully saturated rings. The fraction of sp³-hybridized carbons (Fsp3) is 0.333. The Balaban J connectivity index is 1.98. The van der Waals surface area contributed by atoms with E-state index in [0.717, 1.165) is 25.1 Å². The SMILES string of the molecule is CCNC(CCN(C)c1ccccc1)c1ccc(F)cc1. The van der Waals surface area contributed by atoms with E-state index >= 15 is 0 Å². The first-order chi connectivity index (χ1) is 10.2. The van der Waals surface area contributed by atoms with Gasteiger partial charge in [-0.25, -0.2) is 4.39 Å². The molecule has 0 saturated heterocycles. The van der Waals surface area contributed by atoms with E-state index < -0.39 is 0 Å². The number of para-hydroxylation sites is 1. The second kappa shape index (κ2) is 7.79. The van der Waals surface area contributed by atoms with Crippen LogP contribution in [0.2, 0.25) is 0 Å². The third-order valence-electron chi connectivity index (χ3n) is 3.67. The zero-order valence-corrected chi connectivity index (χ0v) is 12.7. The Hall–Kier alpha value is -1.87. The summed E-state index contributed by atoms with van der Waals surface area (Å²) in [5.41, 5.74) is 2.35. The molecule has 0 bridgehead atoms. The van der Waals surface area contributed by atoms with E-state index in [4.69, 9.17) is 0 Å². The fourth-order valence-electron chi connectivity index (χ4n) is 2.46. The maximum Gasteiger partial charge on any atom is 0.123 e. The highest BCUT2D eigenvalue weighted by Gasteiger charge is 2.11. The van der Waals surface area contributed by atoms with Crippen molar-refractivity contribution in [3.8, 4) is 0 Å². The lowest BCUT2D eigenvalue weighted by Gasteiger charge is -2.24. The topological polar surface area (TPSA) is 15.3 Å². The normalized spacial score (nSPS) is 12.1. The summed E-state index contributed by atoms with van der Waals surface area (Å²) in [6.45, 7) is 3.94. The molecule has 2 aromatic carbocycles. The van der Waals surface area contributed by atoms with Crippen LogP contribution in [0.1, 0.15) is 24.9 Å². The van der Waals surface area contributed by atoms with Crippen molar-refractivity contribution in [2.24, 2.45) is 0 Å². The Kier molecular flexibility index (Phi) is 5.76. The molecule has 21 heavy (non-hydrogen) atoms. The van der Waals surface area contributed by atoms with Crippen molar-refractivity contribution in [3.63, 3.8) is 0 Å². The molecule has 2 rings (SSSR count). The van der Waals surface area contributed by atoms with Crippen molar-refractivity contribution in [3.05, 3.63) is 66.0 Å². The molecule has 0 radical (unpaired) electrons. The number of hydrogen-bond donors (Lipinski definition) is 1. The molecule has 2 nitrogen and oxygen atoms in total. The van der Waals surface area contributed by atoms with Gasteiger partial charge in [0.2, 0.25) is 0 Å². The number of halogens is 1. The lowest BCUT2D eigenvalue weighted by atomic mass is 10.0. The summed E-state index contributed by atoms with van der Waals surface area (Å²) in [7, 11) is 2.10. The smallest absolute Gasteiger partial charge is 0.123 e. The largest absolute Gasteiger partial charge is 0.375 e. The quantitative estimate of drug-likeness (QED) is 0.827. The Morgan fingerprint density at radius 2 is 1.71 bits per heavy atom. The van der Waals surface area contributed by atoms with Crippen LogP contribution in [0, 0.1) is 5.82 Å². The molecule has 0 spiro atoms. The first kappa shape index (κ1) is 15.5. The van der Waals surface area contributed by atoms with Crippen molar-refractivity contribution >= 4 is 5.69 Å². The predicted octanol–water partition coefficient (Wildman–Crippen LogP) is 4.00. The number of benzene rings is 2. The Bertz CT molecular complexity index is 525. The van der Waals surface area contributed by atoms with Gasteiger partial charge in [0.05, 0.1) is 0 Å². The van der Waals surface area contributed by atoms with E-state index in [0.29, 0.717) is 0 Å². The van der Waals surface area contributed by atoms with Crippen LogP contribution in [0.25, 0.3) is 0 Å². The van der Waals surface area contributed by atoms with Crippen LogP contribution < -0.4 is 10.2 Å². The van der Waals surface area contributed by atoms with Gasteiger partial charge < -0.3 is 10.2 Å². The van der Waals surface area contributed by atoms with Gasteiger partial charge in [-0.1, -0.05) is 37.3 Å². The standard InChI is InChI=1S/C18H23FN2/c1-3-20-18(15-9-11-16(19)12-10-15)13-14-21(2)17-7-5-4-6-8-17/h4-12,18,20H,3,13-14H2,1-2H3. The van der Waals surface area contributed by atoms with Gasteiger partial charge >= 0.3 is 0 Å². The summed E-state index contributed by atoms with van der Waals surface area (Å²) in [5, 5.41) is 3.48. The molecule has 2 aromatic rings. The maximum atomic E-state index is 13.0. The molecule has 1 N–H and O–H groups in total. The van der Waals surface area contributed by atoms with Crippen LogP contribution >= 0.6 is 0 Å². The van der Waals surface area contributed by atoms with E-state index in [2.05, 4.69) is 36.3 Å². The van der Waals surface area contributed by atoms with Gasteiger partial charge in [0, 0.05) is 25.3 Å². The molecule has 3 heteroatoms. The van der Waals surface area contributed by atoms with Crippen LogP contribution in [0.4, 0.5) is 10.1 Å². The zero-order valence-electron chi connectivity index (χ0n) is 12.7. The molecule has 0 aliphatic heterocycles. The maximum absolute atomic E-state index is 13.0. The van der Waals surface area contributed by atoms with Crippen molar-refractivity contribution in [2.45, 2.75) is 19.4 Å². The van der Waals surface area contributed by atoms with Gasteiger partial charge in [-0.05, 0) is 42.8 Å². The molecule has 0 amide bonds. The van der Waals surface area contributed by atoms with Crippen LogP contribution in [-0.2, 0) is 0 Å². The van der Waals surface area contributed by atoms with E-state index in [9.17, 15) is 4.39 Å². The minimum atomic E-state index is -0.185. The average molecular weight is 286 g/mol. The van der Waals surface area contributed by atoms with E-state index in [1.165, 1.54) is 17.8 Å². The highest BCUT2D eigenvalue weighted by Crippen LogP contribution is 2.19. The molecule has 1 unspecified atom stereocenters. The monoisotopic (exact) mass is 286 g/mol. The Morgan fingerprint density at radius 3 is 2.33 bits per heavy atom. The zero-order chi connectivity index (χ0) is 15.1. The van der Waals surface area contributed by atoms with Gasteiger partial charge in [-0.3, -0.25) is 0 Å². The molecule has 0 aromatic heterocycles. The lowest BCUT2D eigenvalue weighted by Crippen LogP contribution is -2.27. The lowest BCUT2D eigenvalue weighted by molar-refractivity contribution is 0.515. The van der Waals surface area contributed by atoms with E-state index in [1.807, 2.05) is 30.3 Å². The first-order valence-corrected chi connectivity index (χ1v) is 7.45. The van der Waals surface area contributed by atoms with Gasteiger partial charge in [-0.15, -0.1) is 0 Å². The van der Waals surface area contributed by atoms with Crippen LogP contribution in [0.15, 0.2) is 54.6 Å². The van der Waals surface area contributed by atoms with Crippen molar-refractivity contribution in [1.29, 1.82) is 0 Å². The number of nitrogens with one attached hydrogen (secondary N) is 1. The molecular formula is C18H23FN2.